The second-order valence-corrected chi connectivity index (χ2v) is 14.7. The fourth-order valence-corrected chi connectivity index (χ4v) is 7.04. The Morgan fingerprint density at radius 2 is 1.78 bits per heavy atom. The van der Waals surface area contributed by atoms with Crippen LogP contribution in [0.1, 0.15) is 64.4 Å². The Hall–Kier alpha value is -4.13. The molecule has 1 saturated heterocycles. The van der Waals surface area contributed by atoms with Gasteiger partial charge in [0.2, 0.25) is 12.3 Å². The molecule has 1 aromatic rings. The Morgan fingerprint density at radius 1 is 1.06 bits per heavy atom. The first-order valence-electron chi connectivity index (χ1n) is 17.4. The van der Waals surface area contributed by atoms with E-state index in [-0.39, 0.29) is 35.9 Å². The second kappa shape index (κ2) is 17.2. The highest BCUT2D eigenvalue weighted by atomic mass is 32.2. The van der Waals surface area contributed by atoms with Gasteiger partial charge >= 0.3 is 11.9 Å². The van der Waals surface area contributed by atoms with Crippen molar-refractivity contribution in [3.05, 3.63) is 65.3 Å². The van der Waals surface area contributed by atoms with Crippen LogP contribution in [-0.4, -0.2) is 89.1 Å². The van der Waals surface area contributed by atoms with E-state index in [1.807, 2.05) is 31.1 Å². The number of ether oxygens (including phenoxy) is 2. The zero-order valence-electron chi connectivity index (χ0n) is 28.9. The number of fused-ring (bicyclic) bond motifs is 1. The number of ketones is 1. The third-order valence-electron chi connectivity index (χ3n) is 9.36. The summed E-state index contributed by atoms with van der Waals surface area (Å²) in [7, 11) is 0. The minimum Gasteiger partial charge on any atom is -0.457 e. The quantitative estimate of drug-likeness (QED) is 0.111. The Labute approximate surface area is 297 Å². The summed E-state index contributed by atoms with van der Waals surface area (Å²) < 4.78 is 26.5. The maximum Gasteiger partial charge on any atom is 0.343 e. The normalized spacial score (nSPS) is 21.6. The molecule has 5 rings (SSSR count). The highest BCUT2D eigenvalue weighted by Gasteiger charge is 2.46. The molecule has 270 valence electrons. The lowest BCUT2D eigenvalue weighted by atomic mass is 9.82. The number of carbonyl (C=O) groups is 5. The molecule has 2 aliphatic carbocycles. The summed E-state index contributed by atoms with van der Waals surface area (Å²) in [4.78, 5) is 67.9. The first-order chi connectivity index (χ1) is 24.1. The maximum atomic E-state index is 15.4. The number of allylic oxidation sites excluding steroid dienone is 1. The van der Waals surface area contributed by atoms with Gasteiger partial charge in [0, 0.05) is 25.3 Å². The number of nitrogens with one attached hydrogen (secondary N) is 2. The first kappa shape index (κ1) is 37.1. The van der Waals surface area contributed by atoms with Gasteiger partial charge in [-0.3, -0.25) is 14.4 Å². The number of esters is 2. The summed E-state index contributed by atoms with van der Waals surface area (Å²) in [5.74, 6) is -2.60. The van der Waals surface area contributed by atoms with Gasteiger partial charge in [0.05, 0.1) is 17.7 Å². The van der Waals surface area contributed by atoms with E-state index >= 15 is 4.39 Å². The molecule has 0 spiro atoms. The number of benzene rings is 1. The van der Waals surface area contributed by atoms with E-state index in [0.717, 1.165) is 45.2 Å². The molecule has 1 saturated carbocycles. The average Bonchev–Trinajstić information content (AvgIpc) is 3.95. The van der Waals surface area contributed by atoms with Gasteiger partial charge in [-0.2, -0.15) is 11.8 Å². The second-order valence-electron chi connectivity index (χ2n) is 13.7. The van der Waals surface area contributed by atoms with Crippen molar-refractivity contribution in [1.29, 1.82) is 0 Å². The largest absolute Gasteiger partial charge is 0.457 e. The molecular formula is C37H47FN4O7S. The molecule has 50 heavy (non-hydrogen) atoms. The first-order valence-corrected chi connectivity index (χ1v) is 18.8. The van der Waals surface area contributed by atoms with Gasteiger partial charge in [-0.05, 0) is 92.7 Å². The molecule has 2 amide bonds. The van der Waals surface area contributed by atoms with E-state index in [9.17, 15) is 24.0 Å². The molecule has 0 radical (unpaired) electrons. The van der Waals surface area contributed by atoms with Crippen LogP contribution in [0.3, 0.4) is 0 Å². The smallest absolute Gasteiger partial charge is 0.343 e. The van der Waals surface area contributed by atoms with E-state index in [0.29, 0.717) is 36.3 Å². The highest BCUT2D eigenvalue weighted by Crippen LogP contribution is 2.41. The summed E-state index contributed by atoms with van der Waals surface area (Å²) in [6.07, 6.45) is 13.0. The number of thioether (sulfide) groups is 1. The SMILES string of the molecule is CSCC[C@H](NC=O)C(=O)N[C@@H](CC(C)C)C(=O)Oc1ccc(COC(=O)C2=CN(C3CC3)C3C=C(N4CCCCC4)C(F)=CC3C2=O)cc1. The van der Waals surface area contributed by atoms with Crippen LogP contribution in [-0.2, 0) is 35.3 Å². The van der Waals surface area contributed by atoms with E-state index in [1.165, 1.54) is 6.08 Å². The van der Waals surface area contributed by atoms with Crippen molar-refractivity contribution in [2.45, 2.75) is 89.6 Å². The van der Waals surface area contributed by atoms with Gasteiger partial charge in [0.25, 0.3) is 0 Å². The number of amides is 2. The van der Waals surface area contributed by atoms with Crippen LogP contribution < -0.4 is 15.4 Å². The van der Waals surface area contributed by atoms with E-state index < -0.39 is 47.5 Å². The minimum atomic E-state index is -0.927. The van der Waals surface area contributed by atoms with Gasteiger partial charge in [-0.15, -0.1) is 0 Å². The molecular weight excluding hydrogens is 663 g/mol. The lowest BCUT2D eigenvalue weighted by Crippen LogP contribution is -2.51. The van der Waals surface area contributed by atoms with Crippen LogP contribution in [0, 0.1) is 11.8 Å². The number of piperidine rings is 1. The van der Waals surface area contributed by atoms with Crippen molar-refractivity contribution in [2.75, 3.05) is 25.1 Å². The molecule has 0 bridgehead atoms. The Kier molecular flexibility index (Phi) is 12.8. The van der Waals surface area contributed by atoms with Gasteiger partial charge in [-0.1, -0.05) is 26.0 Å². The zero-order chi connectivity index (χ0) is 35.8. The topological polar surface area (TPSA) is 134 Å². The summed E-state index contributed by atoms with van der Waals surface area (Å²) >= 11 is 1.54. The lowest BCUT2D eigenvalue weighted by molar-refractivity contribution is -0.142. The molecule has 0 aromatic heterocycles. The van der Waals surface area contributed by atoms with E-state index in [1.54, 1.807) is 42.2 Å². The number of likely N-dealkylation sites (tertiary alicyclic amines) is 1. The fraction of sp³-hybridized carbons (Fsp3) is 0.541. The van der Waals surface area contributed by atoms with Gasteiger partial charge in [0.1, 0.15) is 35.8 Å². The van der Waals surface area contributed by atoms with Crippen molar-refractivity contribution in [3.8, 4) is 5.75 Å². The summed E-state index contributed by atoms with van der Waals surface area (Å²) in [6, 6.07) is 4.52. The summed E-state index contributed by atoms with van der Waals surface area (Å²) in [5.41, 5.74) is 1.04. The third-order valence-corrected chi connectivity index (χ3v) is 10.0. The fourth-order valence-electron chi connectivity index (χ4n) is 6.57. The molecule has 2 fully saturated rings. The highest BCUT2D eigenvalue weighted by molar-refractivity contribution is 7.98. The third kappa shape index (κ3) is 9.35. The average molecular weight is 711 g/mol. The number of rotatable bonds is 16. The molecule has 4 aliphatic rings. The Morgan fingerprint density at radius 3 is 2.42 bits per heavy atom. The van der Waals surface area contributed by atoms with Crippen LogP contribution in [0.2, 0.25) is 0 Å². The predicted molar refractivity (Wildman–Crippen MR) is 187 cm³/mol. The number of hydrogen-bond donors (Lipinski definition) is 2. The number of nitrogens with zero attached hydrogens (tertiary/aromatic N) is 2. The van der Waals surface area contributed by atoms with Crippen molar-refractivity contribution in [3.63, 3.8) is 0 Å². The molecule has 11 nitrogen and oxygen atoms in total. The Bertz CT molecular complexity index is 1520. The maximum absolute atomic E-state index is 15.4. The molecule has 2 aliphatic heterocycles. The number of hydrogen-bond acceptors (Lipinski definition) is 10. The summed E-state index contributed by atoms with van der Waals surface area (Å²) in [5, 5.41) is 5.23. The number of halogens is 1. The van der Waals surface area contributed by atoms with Crippen molar-refractivity contribution in [2.24, 2.45) is 11.8 Å². The Balaban J connectivity index is 1.20. The monoisotopic (exact) mass is 710 g/mol. The molecule has 2 heterocycles. The number of Topliss-reactive ketones (excluding diaryl/α,β-unsaturated/α-hetero) is 1. The van der Waals surface area contributed by atoms with Gasteiger partial charge in [-0.25, -0.2) is 14.0 Å². The van der Waals surface area contributed by atoms with Crippen LogP contribution in [0.25, 0.3) is 0 Å². The van der Waals surface area contributed by atoms with E-state index in [4.69, 9.17) is 9.47 Å². The molecule has 2 unspecified atom stereocenters. The van der Waals surface area contributed by atoms with Crippen LogP contribution in [0.5, 0.6) is 5.75 Å². The van der Waals surface area contributed by atoms with Gasteiger partial charge < -0.3 is 29.9 Å². The van der Waals surface area contributed by atoms with Crippen molar-refractivity contribution >= 4 is 41.8 Å². The minimum absolute atomic E-state index is 0.0728. The number of carbonyl (C=O) groups excluding carboxylic acids is 5. The van der Waals surface area contributed by atoms with Crippen LogP contribution in [0.4, 0.5) is 4.39 Å². The molecule has 1 aromatic carbocycles. The van der Waals surface area contributed by atoms with Crippen molar-refractivity contribution in [1.82, 2.24) is 20.4 Å². The zero-order valence-corrected chi connectivity index (χ0v) is 29.7. The van der Waals surface area contributed by atoms with Gasteiger partial charge in [0.15, 0.2) is 5.78 Å². The van der Waals surface area contributed by atoms with Crippen LogP contribution in [0.15, 0.2) is 59.7 Å². The molecule has 4 atom stereocenters. The van der Waals surface area contributed by atoms with E-state index in [2.05, 4.69) is 15.5 Å². The lowest BCUT2D eigenvalue weighted by Gasteiger charge is -2.41. The van der Waals surface area contributed by atoms with Crippen molar-refractivity contribution < 1.29 is 37.8 Å². The molecule has 2 N–H and O–H groups in total. The standard InChI is InChI=1S/C37H47FN4O7S/c1-23(2)17-31(40-35(45)30(39-22-43)13-16-50-3)37(47)49-26-11-7-24(8-12-26)21-48-36(46)28-20-42(25-9-10-25)32-19-33(41-14-5-4-6-15-41)29(38)18-27(32)34(28)44/h7-8,11-12,18-20,22-23,25,27,30-32H,4-6,9-10,13-17,21H2,1-3H3,(H,39,43)(H,40,45)/t27?,30-,31-,32?/m0/s1. The summed E-state index contributed by atoms with van der Waals surface area (Å²) in [6.45, 7) is 5.28. The molecule has 13 heteroatoms. The van der Waals surface area contributed by atoms with Crippen LogP contribution >= 0.6 is 11.8 Å². The predicted octanol–water partition coefficient (Wildman–Crippen LogP) is 4.19.